The van der Waals surface area contributed by atoms with Crippen molar-refractivity contribution in [2.45, 2.75) is 6.92 Å². The molecule has 0 fully saturated rings. The van der Waals surface area contributed by atoms with Gasteiger partial charge in [0.1, 0.15) is 11.5 Å². The Morgan fingerprint density at radius 2 is 1.52 bits per heavy atom. The Morgan fingerprint density at radius 3 is 2.19 bits per heavy atom. The lowest BCUT2D eigenvalue weighted by Gasteiger charge is -2.06. The van der Waals surface area contributed by atoms with Crippen LogP contribution in [0.15, 0.2) is 72.5 Å². The average Bonchev–Trinajstić information content (AvgIpc) is 3.08. The number of hydrogen-bond acceptors (Lipinski definition) is 6. The van der Waals surface area contributed by atoms with Gasteiger partial charge in [0.25, 0.3) is 0 Å². The summed E-state index contributed by atoms with van der Waals surface area (Å²) in [7, 11) is 1.31. The number of fused-ring (bicyclic) bond motifs is 1. The summed E-state index contributed by atoms with van der Waals surface area (Å²) in [6.07, 6.45) is 1.58. The molecule has 0 spiro atoms. The number of methoxy groups -OCH3 is 1. The normalized spacial score (nSPS) is 13.5. The van der Waals surface area contributed by atoms with Gasteiger partial charge in [-0.05, 0) is 55.0 Å². The fraction of sp³-hybridized carbons (Fsp3) is 0.0800. The molecule has 3 aromatic rings. The quantitative estimate of drug-likeness (QED) is 0.352. The zero-order chi connectivity index (χ0) is 22.0. The molecule has 0 aliphatic carbocycles. The first kappa shape index (κ1) is 20.1. The Balaban J connectivity index is 1.51. The lowest BCUT2D eigenvalue weighted by atomic mass is 10.1. The van der Waals surface area contributed by atoms with Crippen LogP contribution < -0.4 is 9.47 Å². The van der Waals surface area contributed by atoms with Gasteiger partial charge in [0.2, 0.25) is 5.78 Å². The highest BCUT2D eigenvalue weighted by Crippen LogP contribution is 2.35. The molecular weight excluding hydrogens is 396 g/mol. The average molecular weight is 414 g/mol. The molecule has 0 unspecified atom stereocenters. The molecule has 0 radical (unpaired) electrons. The molecule has 6 heteroatoms. The van der Waals surface area contributed by atoms with E-state index in [1.807, 2.05) is 19.1 Å². The number of carbonyl (C=O) groups excluding carboxylic acids is 3. The molecule has 0 atom stereocenters. The summed E-state index contributed by atoms with van der Waals surface area (Å²) in [4.78, 5) is 36.5. The van der Waals surface area contributed by atoms with E-state index in [1.54, 1.807) is 54.6 Å². The van der Waals surface area contributed by atoms with Crippen molar-refractivity contribution in [2.24, 2.45) is 0 Å². The van der Waals surface area contributed by atoms with E-state index in [9.17, 15) is 14.4 Å². The van der Waals surface area contributed by atoms with Crippen molar-refractivity contribution in [2.75, 3.05) is 7.11 Å². The number of ketones is 1. The zero-order valence-corrected chi connectivity index (χ0v) is 16.9. The number of carbonyl (C=O) groups is 3. The van der Waals surface area contributed by atoms with Gasteiger partial charge in [-0.25, -0.2) is 9.59 Å². The number of allylic oxidation sites excluding steroid dienone is 1. The third-order valence-electron chi connectivity index (χ3n) is 4.77. The molecule has 0 saturated heterocycles. The Hall–Kier alpha value is -4.19. The fourth-order valence-electron chi connectivity index (χ4n) is 3.07. The minimum Gasteiger partial charge on any atom is -0.465 e. The van der Waals surface area contributed by atoms with Gasteiger partial charge in [0.05, 0.1) is 23.8 Å². The van der Waals surface area contributed by atoms with Crippen molar-refractivity contribution in [1.29, 1.82) is 0 Å². The second-order valence-corrected chi connectivity index (χ2v) is 6.97. The van der Waals surface area contributed by atoms with Gasteiger partial charge in [0, 0.05) is 6.07 Å². The van der Waals surface area contributed by atoms with E-state index in [4.69, 9.17) is 9.47 Å². The van der Waals surface area contributed by atoms with Gasteiger partial charge in [-0.2, -0.15) is 0 Å². The fourth-order valence-corrected chi connectivity index (χ4v) is 3.07. The van der Waals surface area contributed by atoms with Gasteiger partial charge < -0.3 is 14.2 Å². The maximum absolute atomic E-state index is 12.6. The molecular formula is C25H18O6. The second-order valence-electron chi connectivity index (χ2n) is 6.97. The molecule has 3 aromatic carbocycles. The third-order valence-corrected chi connectivity index (χ3v) is 4.77. The molecule has 0 N–H and O–H groups in total. The summed E-state index contributed by atoms with van der Waals surface area (Å²) < 4.78 is 15.8. The minimum atomic E-state index is -0.495. The Morgan fingerprint density at radius 1 is 0.871 bits per heavy atom. The molecule has 4 rings (SSSR count). The maximum atomic E-state index is 12.6. The van der Waals surface area contributed by atoms with Crippen LogP contribution >= 0.6 is 0 Å². The van der Waals surface area contributed by atoms with Gasteiger partial charge in [0.15, 0.2) is 5.76 Å². The molecule has 0 saturated carbocycles. The first-order valence-corrected chi connectivity index (χ1v) is 9.50. The van der Waals surface area contributed by atoms with E-state index in [-0.39, 0.29) is 17.3 Å². The highest BCUT2D eigenvalue weighted by atomic mass is 16.5. The van der Waals surface area contributed by atoms with Crippen LogP contribution in [0, 0.1) is 6.92 Å². The predicted molar refractivity (Wildman–Crippen MR) is 113 cm³/mol. The lowest BCUT2D eigenvalue weighted by Crippen LogP contribution is -2.08. The first-order chi connectivity index (χ1) is 14.9. The van der Waals surface area contributed by atoms with E-state index >= 15 is 0 Å². The molecule has 6 nitrogen and oxygen atoms in total. The summed E-state index contributed by atoms with van der Waals surface area (Å²) in [6.45, 7) is 1.93. The second kappa shape index (κ2) is 8.28. The van der Waals surface area contributed by atoms with Crippen molar-refractivity contribution in [3.63, 3.8) is 0 Å². The minimum absolute atomic E-state index is 0.142. The highest BCUT2D eigenvalue weighted by molar-refractivity contribution is 6.14. The number of aryl methyl sites for hydroxylation is 1. The van der Waals surface area contributed by atoms with Crippen LogP contribution in [0.5, 0.6) is 11.5 Å². The van der Waals surface area contributed by atoms with Crippen LogP contribution in [0.3, 0.4) is 0 Å². The number of benzene rings is 3. The Kier molecular flexibility index (Phi) is 5.37. The maximum Gasteiger partial charge on any atom is 0.343 e. The van der Waals surface area contributed by atoms with Crippen molar-refractivity contribution in [1.82, 2.24) is 0 Å². The topological polar surface area (TPSA) is 78.9 Å². The number of esters is 2. The van der Waals surface area contributed by atoms with Gasteiger partial charge in [-0.3, -0.25) is 4.79 Å². The van der Waals surface area contributed by atoms with Crippen LogP contribution in [0.2, 0.25) is 0 Å². The van der Waals surface area contributed by atoms with Crippen LogP contribution in [-0.4, -0.2) is 24.8 Å². The van der Waals surface area contributed by atoms with Gasteiger partial charge in [-0.15, -0.1) is 0 Å². The van der Waals surface area contributed by atoms with Crippen molar-refractivity contribution in [3.05, 3.63) is 100 Å². The summed E-state index contributed by atoms with van der Waals surface area (Å²) >= 11 is 0. The molecule has 31 heavy (non-hydrogen) atoms. The monoisotopic (exact) mass is 414 g/mol. The van der Waals surface area contributed by atoms with Crippen LogP contribution in [0.25, 0.3) is 6.08 Å². The molecule has 0 aromatic heterocycles. The van der Waals surface area contributed by atoms with Crippen LogP contribution in [0.1, 0.15) is 42.2 Å². The van der Waals surface area contributed by atoms with Crippen LogP contribution in [0.4, 0.5) is 0 Å². The largest absolute Gasteiger partial charge is 0.465 e. The van der Waals surface area contributed by atoms with Crippen molar-refractivity contribution < 1.29 is 28.6 Å². The van der Waals surface area contributed by atoms with E-state index < -0.39 is 11.9 Å². The predicted octanol–water partition coefficient (Wildman–Crippen LogP) is 4.62. The smallest absolute Gasteiger partial charge is 0.343 e. The summed E-state index contributed by atoms with van der Waals surface area (Å²) in [5, 5.41) is 0. The highest BCUT2D eigenvalue weighted by Gasteiger charge is 2.28. The molecule has 1 aliphatic rings. The number of rotatable bonds is 4. The zero-order valence-electron chi connectivity index (χ0n) is 16.9. The molecule has 1 heterocycles. The van der Waals surface area contributed by atoms with Crippen molar-refractivity contribution >= 4 is 23.8 Å². The molecule has 0 amide bonds. The number of ether oxygens (including phenoxy) is 3. The standard InChI is InChI=1S/C25H18O6/c1-15-3-7-18(8-4-15)25(28)30-19-11-12-20-21(14-19)31-22(23(20)26)13-16-5-9-17(10-6-16)24(27)29-2/h3-14H,1-2H3/b22-13-. The molecule has 154 valence electrons. The summed E-state index contributed by atoms with van der Waals surface area (Å²) in [5.41, 5.74) is 2.95. The number of hydrogen-bond donors (Lipinski definition) is 0. The van der Waals surface area contributed by atoms with Crippen LogP contribution in [-0.2, 0) is 4.74 Å². The first-order valence-electron chi connectivity index (χ1n) is 9.50. The number of Topliss-reactive ketones (excluding diaryl/α,β-unsaturated/α-hetero) is 1. The summed E-state index contributed by atoms with van der Waals surface area (Å²) in [5.74, 6) is -0.470. The third kappa shape index (κ3) is 4.23. The SMILES string of the molecule is COC(=O)c1ccc(/C=C2\Oc3cc(OC(=O)c4ccc(C)cc4)ccc3C2=O)cc1. The van der Waals surface area contributed by atoms with E-state index in [0.717, 1.165) is 5.56 Å². The lowest BCUT2D eigenvalue weighted by molar-refractivity contribution is 0.0600. The summed E-state index contributed by atoms with van der Waals surface area (Å²) in [6, 6.07) is 18.3. The van der Waals surface area contributed by atoms with Gasteiger partial charge >= 0.3 is 11.9 Å². The Labute approximate surface area is 178 Å². The van der Waals surface area contributed by atoms with E-state index in [2.05, 4.69) is 4.74 Å². The molecule has 1 aliphatic heterocycles. The van der Waals surface area contributed by atoms with Crippen molar-refractivity contribution in [3.8, 4) is 11.5 Å². The van der Waals surface area contributed by atoms with E-state index in [0.29, 0.717) is 28.0 Å². The van der Waals surface area contributed by atoms with Gasteiger partial charge in [-0.1, -0.05) is 29.8 Å². The van der Waals surface area contributed by atoms with E-state index in [1.165, 1.54) is 13.2 Å². The Bertz CT molecular complexity index is 1200. The molecule has 0 bridgehead atoms.